The third-order valence-corrected chi connectivity index (χ3v) is 5.17. The Morgan fingerprint density at radius 1 is 1.22 bits per heavy atom. The summed E-state index contributed by atoms with van der Waals surface area (Å²) >= 11 is 0.811. The Kier molecular flexibility index (Phi) is 6.02. The molecule has 0 saturated carbocycles. The lowest BCUT2D eigenvalue weighted by atomic mass is 10.1. The van der Waals surface area contributed by atoms with Crippen molar-refractivity contribution in [2.75, 3.05) is 47.1 Å². The third kappa shape index (κ3) is 4.25. The predicted octanol–water partition coefficient (Wildman–Crippen LogP) is 1.60. The first-order valence-corrected chi connectivity index (χ1v) is 9.18. The van der Waals surface area contributed by atoms with Crippen LogP contribution in [0.2, 0.25) is 0 Å². The Balaban J connectivity index is 1.75. The first kappa shape index (κ1) is 19.2. The Hall–Kier alpha value is -2.52. The van der Waals surface area contributed by atoms with Gasteiger partial charge < -0.3 is 19.1 Å². The van der Waals surface area contributed by atoms with Crippen LogP contribution in [-0.2, 0) is 14.3 Å². The summed E-state index contributed by atoms with van der Waals surface area (Å²) in [6, 6.07) is 5.17. The van der Waals surface area contributed by atoms with E-state index in [1.54, 1.807) is 36.3 Å². The maximum absolute atomic E-state index is 12.6. The number of imide groups is 1. The van der Waals surface area contributed by atoms with Crippen LogP contribution < -0.4 is 9.47 Å². The maximum Gasteiger partial charge on any atom is 0.294 e. The van der Waals surface area contributed by atoms with Crippen molar-refractivity contribution in [1.29, 1.82) is 0 Å². The van der Waals surface area contributed by atoms with Crippen molar-refractivity contribution in [1.82, 2.24) is 9.80 Å². The van der Waals surface area contributed by atoms with Gasteiger partial charge in [-0.15, -0.1) is 0 Å². The van der Waals surface area contributed by atoms with Crippen LogP contribution in [0.15, 0.2) is 23.1 Å². The monoisotopic (exact) mass is 392 g/mol. The number of hydrogen-bond donors (Lipinski definition) is 0. The number of carbonyl (C=O) groups is 3. The molecule has 2 aliphatic heterocycles. The van der Waals surface area contributed by atoms with E-state index in [-0.39, 0.29) is 17.4 Å². The highest BCUT2D eigenvalue weighted by atomic mass is 32.2. The number of ether oxygens (including phenoxy) is 3. The van der Waals surface area contributed by atoms with E-state index in [1.165, 1.54) is 7.11 Å². The molecule has 27 heavy (non-hydrogen) atoms. The molecule has 2 saturated heterocycles. The van der Waals surface area contributed by atoms with Gasteiger partial charge in [-0.25, -0.2) is 0 Å². The number of hydrogen-bond acceptors (Lipinski definition) is 7. The van der Waals surface area contributed by atoms with Crippen molar-refractivity contribution in [3.63, 3.8) is 0 Å². The second-order valence-corrected chi connectivity index (χ2v) is 6.86. The fourth-order valence-electron chi connectivity index (χ4n) is 2.76. The molecule has 1 aromatic rings. The summed E-state index contributed by atoms with van der Waals surface area (Å²) in [6.45, 7) is 1.60. The van der Waals surface area contributed by atoms with Crippen molar-refractivity contribution in [2.45, 2.75) is 0 Å². The van der Waals surface area contributed by atoms with E-state index in [9.17, 15) is 14.4 Å². The van der Waals surface area contributed by atoms with Crippen LogP contribution in [0.25, 0.3) is 6.08 Å². The van der Waals surface area contributed by atoms with Crippen molar-refractivity contribution in [2.24, 2.45) is 0 Å². The topological polar surface area (TPSA) is 85.4 Å². The van der Waals surface area contributed by atoms with Crippen LogP contribution in [0.4, 0.5) is 4.79 Å². The van der Waals surface area contributed by atoms with Crippen LogP contribution in [-0.4, -0.2) is 73.9 Å². The summed E-state index contributed by atoms with van der Waals surface area (Å²) in [5.41, 5.74) is 0.642. The number of thioether (sulfide) groups is 1. The number of benzene rings is 1. The molecule has 2 aliphatic rings. The van der Waals surface area contributed by atoms with Gasteiger partial charge in [-0.2, -0.15) is 0 Å². The van der Waals surface area contributed by atoms with Gasteiger partial charge in [-0.1, -0.05) is 0 Å². The molecule has 144 valence electrons. The summed E-state index contributed by atoms with van der Waals surface area (Å²) < 4.78 is 15.7. The summed E-state index contributed by atoms with van der Waals surface area (Å²) in [4.78, 5) is 40.0. The van der Waals surface area contributed by atoms with E-state index in [2.05, 4.69) is 0 Å². The highest BCUT2D eigenvalue weighted by Crippen LogP contribution is 2.35. The minimum atomic E-state index is -0.482. The fraction of sp³-hybridized carbons (Fsp3) is 0.389. The zero-order valence-corrected chi connectivity index (χ0v) is 15.9. The van der Waals surface area contributed by atoms with Crippen molar-refractivity contribution < 1.29 is 28.6 Å². The molecular formula is C18H20N2O6S. The highest BCUT2D eigenvalue weighted by Gasteiger charge is 2.37. The smallest absolute Gasteiger partial charge is 0.294 e. The quantitative estimate of drug-likeness (QED) is 0.704. The van der Waals surface area contributed by atoms with Gasteiger partial charge in [-0.3, -0.25) is 19.3 Å². The van der Waals surface area contributed by atoms with Crippen molar-refractivity contribution in [3.8, 4) is 11.5 Å². The minimum absolute atomic E-state index is 0.248. The Labute approximate surface area is 161 Å². The molecule has 0 bridgehead atoms. The molecule has 0 spiro atoms. The standard InChI is InChI=1S/C18H20N2O6S/c1-24-13-4-3-12(14(10-13)25-2)9-15-17(22)20(18(23)27-15)11-16(21)19-5-7-26-8-6-19/h3-4,9-10H,5-8,11H2,1-2H3/b15-9+. The molecule has 0 radical (unpaired) electrons. The Morgan fingerprint density at radius 3 is 2.63 bits per heavy atom. The molecule has 2 heterocycles. The number of morpholine rings is 1. The zero-order chi connectivity index (χ0) is 19.4. The average molecular weight is 392 g/mol. The van der Waals surface area contributed by atoms with Gasteiger partial charge in [0.1, 0.15) is 18.0 Å². The van der Waals surface area contributed by atoms with E-state index in [0.717, 1.165) is 16.7 Å². The van der Waals surface area contributed by atoms with Gasteiger partial charge in [0, 0.05) is 24.7 Å². The van der Waals surface area contributed by atoms with Gasteiger partial charge >= 0.3 is 0 Å². The van der Waals surface area contributed by atoms with Crippen molar-refractivity contribution in [3.05, 3.63) is 28.7 Å². The normalized spacial score (nSPS) is 19.0. The Bertz CT molecular complexity index is 788. The van der Waals surface area contributed by atoms with Crippen LogP contribution in [0.1, 0.15) is 5.56 Å². The molecule has 2 fully saturated rings. The second kappa shape index (κ2) is 8.45. The highest BCUT2D eigenvalue weighted by molar-refractivity contribution is 8.18. The number of rotatable bonds is 5. The Morgan fingerprint density at radius 2 is 1.96 bits per heavy atom. The molecule has 1 aromatic carbocycles. The van der Waals surface area contributed by atoms with E-state index in [1.807, 2.05) is 0 Å². The minimum Gasteiger partial charge on any atom is -0.497 e. The van der Waals surface area contributed by atoms with Crippen molar-refractivity contribution >= 4 is 34.9 Å². The SMILES string of the molecule is COc1ccc(/C=C2/SC(=O)N(CC(=O)N3CCOCC3)C2=O)c(OC)c1. The number of methoxy groups -OCH3 is 2. The first-order valence-electron chi connectivity index (χ1n) is 8.36. The third-order valence-electron chi connectivity index (χ3n) is 4.26. The molecule has 0 aliphatic carbocycles. The molecule has 9 heteroatoms. The fourth-order valence-corrected chi connectivity index (χ4v) is 3.59. The van der Waals surface area contributed by atoms with Gasteiger partial charge in [0.15, 0.2) is 0 Å². The summed E-state index contributed by atoms with van der Waals surface area (Å²) in [7, 11) is 3.06. The van der Waals surface area contributed by atoms with Crippen LogP contribution in [0.3, 0.4) is 0 Å². The van der Waals surface area contributed by atoms with E-state index in [4.69, 9.17) is 14.2 Å². The largest absolute Gasteiger partial charge is 0.497 e. The molecule has 0 atom stereocenters. The predicted molar refractivity (Wildman–Crippen MR) is 99.6 cm³/mol. The maximum atomic E-state index is 12.6. The van der Waals surface area contributed by atoms with Gasteiger partial charge in [0.2, 0.25) is 5.91 Å². The van der Waals surface area contributed by atoms with Crippen LogP contribution >= 0.6 is 11.8 Å². The lowest BCUT2D eigenvalue weighted by Crippen LogP contribution is -2.46. The first-order chi connectivity index (χ1) is 13.0. The molecule has 0 unspecified atom stereocenters. The summed E-state index contributed by atoms with van der Waals surface area (Å²) in [5, 5.41) is -0.458. The van der Waals surface area contributed by atoms with Crippen LogP contribution in [0.5, 0.6) is 11.5 Å². The second-order valence-electron chi connectivity index (χ2n) is 5.87. The number of amides is 3. The van der Waals surface area contributed by atoms with Gasteiger partial charge in [0.05, 0.1) is 32.3 Å². The lowest BCUT2D eigenvalue weighted by Gasteiger charge is -2.28. The molecule has 0 N–H and O–H groups in total. The molecular weight excluding hydrogens is 372 g/mol. The number of carbonyl (C=O) groups excluding carboxylic acids is 3. The van der Waals surface area contributed by atoms with Gasteiger partial charge in [-0.05, 0) is 30.0 Å². The van der Waals surface area contributed by atoms with Crippen LogP contribution in [0, 0.1) is 0 Å². The number of nitrogens with zero attached hydrogens (tertiary/aromatic N) is 2. The van der Waals surface area contributed by atoms with E-state index >= 15 is 0 Å². The van der Waals surface area contributed by atoms with E-state index < -0.39 is 11.1 Å². The molecule has 3 amide bonds. The van der Waals surface area contributed by atoms with Gasteiger partial charge in [0.25, 0.3) is 11.1 Å². The zero-order valence-electron chi connectivity index (χ0n) is 15.1. The summed E-state index contributed by atoms with van der Waals surface area (Å²) in [6.07, 6.45) is 1.59. The summed E-state index contributed by atoms with van der Waals surface area (Å²) in [5.74, 6) is 0.395. The molecule has 0 aromatic heterocycles. The molecule has 8 nitrogen and oxygen atoms in total. The average Bonchev–Trinajstić information content (AvgIpc) is 2.96. The lowest BCUT2D eigenvalue weighted by molar-refractivity contribution is -0.139. The molecule has 3 rings (SSSR count). The van der Waals surface area contributed by atoms with E-state index in [0.29, 0.717) is 43.4 Å².